The van der Waals surface area contributed by atoms with Crippen LogP contribution < -0.4 is 5.73 Å². The lowest BCUT2D eigenvalue weighted by Crippen LogP contribution is -2.13. The molecule has 0 unspecified atom stereocenters. The summed E-state index contributed by atoms with van der Waals surface area (Å²) in [5, 5.41) is 0. The van der Waals surface area contributed by atoms with Gasteiger partial charge in [-0.05, 0) is 6.07 Å². The minimum absolute atomic E-state index is 0.192. The number of pyridine rings is 1. The van der Waals surface area contributed by atoms with E-state index in [1.165, 1.54) is 0 Å². The minimum Gasteiger partial charge on any atom is -0.326 e. The summed E-state index contributed by atoms with van der Waals surface area (Å²) in [5.74, 6) is -1.39. The van der Waals surface area contributed by atoms with Crippen molar-refractivity contribution >= 4 is 0 Å². The van der Waals surface area contributed by atoms with Crippen LogP contribution in [0.2, 0.25) is 0 Å². The summed E-state index contributed by atoms with van der Waals surface area (Å²) in [5.41, 5.74) is 3.32. The SMILES string of the molecule is CC.NCc1ccnc(C(F)(F)F)c1F. The largest absolute Gasteiger partial charge is 0.436 e. The molecule has 0 fully saturated rings. The Labute approximate surface area is 85.1 Å². The minimum atomic E-state index is -4.77. The topological polar surface area (TPSA) is 38.9 Å². The van der Waals surface area contributed by atoms with Gasteiger partial charge in [0.25, 0.3) is 0 Å². The first kappa shape index (κ1) is 13.8. The molecule has 0 saturated carbocycles. The molecule has 0 aliphatic carbocycles. The Kier molecular flexibility index (Phi) is 5.21. The molecule has 15 heavy (non-hydrogen) atoms. The standard InChI is InChI=1S/C7H6F4N2.C2H6/c8-5-4(3-12)1-2-13-6(5)7(9,10)11;1-2/h1-2H,3,12H2;1-2H3. The van der Waals surface area contributed by atoms with Crippen LogP contribution in [-0.4, -0.2) is 4.98 Å². The van der Waals surface area contributed by atoms with Crippen LogP contribution in [0.15, 0.2) is 12.3 Å². The number of hydrogen-bond donors (Lipinski definition) is 1. The normalized spacial score (nSPS) is 10.6. The van der Waals surface area contributed by atoms with Crippen molar-refractivity contribution in [2.45, 2.75) is 26.6 Å². The Hall–Kier alpha value is -1.17. The zero-order valence-electron chi connectivity index (χ0n) is 8.40. The monoisotopic (exact) mass is 224 g/mol. The van der Waals surface area contributed by atoms with Gasteiger partial charge in [-0.25, -0.2) is 9.37 Å². The molecule has 0 amide bonds. The average Bonchev–Trinajstić information content (AvgIpc) is 2.19. The molecular weight excluding hydrogens is 212 g/mol. The molecule has 1 aromatic heterocycles. The molecule has 0 aromatic carbocycles. The molecule has 6 heteroatoms. The summed E-state index contributed by atoms with van der Waals surface area (Å²) >= 11 is 0. The van der Waals surface area contributed by atoms with Gasteiger partial charge in [-0.1, -0.05) is 13.8 Å². The number of halogens is 4. The maximum atomic E-state index is 12.9. The zero-order chi connectivity index (χ0) is 12.1. The molecular formula is C9H12F4N2. The summed E-state index contributed by atoms with van der Waals surface area (Å²) in [6, 6.07) is 1.12. The molecule has 0 spiro atoms. The summed E-state index contributed by atoms with van der Waals surface area (Å²) < 4.78 is 49.0. The molecule has 2 N–H and O–H groups in total. The van der Waals surface area contributed by atoms with Crippen LogP contribution in [0, 0.1) is 5.82 Å². The van der Waals surface area contributed by atoms with Crippen LogP contribution in [0.25, 0.3) is 0 Å². The average molecular weight is 224 g/mol. The van der Waals surface area contributed by atoms with Gasteiger partial charge in [0.15, 0.2) is 11.5 Å². The Morgan fingerprint density at radius 1 is 1.33 bits per heavy atom. The van der Waals surface area contributed by atoms with E-state index >= 15 is 0 Å². The van der Waals surface area contributed by atoms with Gasteiger partial charge in [0.2, 0.25) is 0 Å². The number of rotatable bonds is 1. The van der Waals surface area contributed by atoms with Crippen molar-refractivity contribution in [3.63, 3.8) is 0 Å². The third kappa shape index (κ3) is 3.47. The molecule has 1 rings (SSSR count). The molecule has 0 bridgehead atoms. The number of alkyl halides is 3. The van der Waals surface area contributed by atoms with Gasteiger partial charge in [0, 0.05) is 18.3 Å². The van der Waals surface area contributed by atoms with E-state index in [0.717, 1.165) is 12.3 Å². The first-order valence-electron chi connectivity index (χ1n) is 4.37. The van der Waals surface area contributed by atoms with E-state index in [9.17, 15) is 17.6 Å². The Morgan fingerprint density at radius 3 is 2.27 bits per heavy atom. The third-order valence-electron chi connectivity index (χ3n) is 1.46. The van der Waals surface area contributed by atoms with Gasteiger partial charge in [-0.15, -0.1) is 0 Å². The van der Waals surface area contributed by atoms with Crippen molar-refractivity contribution in [2.75, 3.05) is 0 Å². The molecule has 0 aliphatic rings. The maximum Gasteiger partial charge on any atom is 0.436 e. The fraction of sp³-hybridized carbons (Fsp3) is 0.444. The fourth-order valence-corrected chi connectivity index (χ4v) is 0.839. The summed E-state index contributed by atoms with van der Waals surface area (Å²) in [6.45, 7) is 3.72. The van der Waals surface area contributed by atoms with Crippen molar-refractivity contribution in [2.24, 2.45) is 5.73 Å². The summed E-state index contributed by atoms with van der Waals surface area (Å²) in [6.07, 6.45) is -3.89. The van der Waals surface area contributed by atoms with Crippen molar-refractivity contribution in [3.8, 4) is 0 Å². The summed E-state index contributed by atoms with van der Waals surface area (Å²) in [7, 11) is 0. The summed E-state index contributed by atoms with van der Waals surface area (Å²) in [4.78, 5) is 2.90. The molecule has 0 radical (unpaired) electrons. The van der Waals surface area contributed by atoms with Gasteiger partial charge in [-0.2, -0.15) is 13.2 Å². The molecule has 2 nitrogen and oxygen atoms in total. The molecule has 1 aromatic rings. The van der Waals surface area contributed by atoms with E-state index in [1.54, 1.807) is 0 Å². The van der Waals surface area contributed by atoms with Gasteiger partial charge < -0.3 is 5.73 Å². The third-order valence-corrected chi connectivity index (χ3v) is 1.46. The molecule has 86 valence electrons. The van der Waals surface area contributed by atoms with E-state index in [-0.39, 0.29) is 12.1 Å². The first-order valence-corrected chi connectivity index (χ1v) is 4.37. The van der Waals surface area contributed by atoms with Gasteiger partial charge >= 0.3 is 6.18 Å². The van der Waals surface area contributed by atoms with Crippen LogP contribution in [0.1, 0.15) is 25.1 Å². The highest BCUT2D eigenvalue weighted by molar-refractivity contribution is 5.20. The number of nitrogens with zero attached hydrogens (tertiary/aromatic N) is 1. The highest BCUT2D eigenvalue weighted by atomic mass is 19.4. The number of aromatic nitrogens is 1. The lowest BCUT2D eigenvalue weighted by Gasteiger charge is -2.08. The second-order valence-corrected chi connectivity index (χ2v) is 2.33. The molecule has 0 aliphatic heterocycles. The Morgan fingerprint density at radius 2 is 1.87 bits per heavy atom. The number of hydrogen-bond acceptors (Lipinski definition) is 2. The fourth-order valence-electron chi connectivity index (χ4n) is 0.839. The first-order chi connectivity index (χ1) is 6.96. The zero-order valence-corrected chi connectivity index (χ0v) is 8.40. The van der Waals surface area contributed by atoms with Crippen LogP contribution in [0.3, 0.4) is 0 Å². The second-order valence-electron chi connectivity index (χ2n) is 2.33. The lowest BCUT2D eigenvalue weighted by atomic mass is 10.2. The van der Waals surface area contributed by atoms with E-state index in [1.807, 2.05) is 13.8 Å². The van der Waals surface area contributed by atoms with Crippen LogP contribution in [0.4, 0.5) is 17.6 Å². The molecule has 0 atom stereocenters. The second kappa shape index (κ2) is 5.65. The van der Waals surface area contributed by atoms with Crippen molar-refractivity contribution in [1.29, 1.82) is 0 Å². The van der Waals surface area contributed by atoms with Crippen molar-refractivity contribution < 1.29 is 17.6 Å². The molecule has 1 heterocycles. The van der Waals surface area contributed by atoms with Crippen LogP contribution in [-0.2, 0) is 12.7 Å². The van der Waals surface area contributed by atoms with Gasteiger partial charge in [-0.3, -0.25) is 0 Å². The smallest absolute Gasteiger partial charge is 0.326 e. The van der Waals surface area contributed by atoms with E-state index in [2.05, 4.69) is 4.98 Å². The van der Waals surface area contributed by atoms with E-state index in [0.29, 0.717) is 0 Å². The van der Waals surface area contributed by atoms with Gasteiger partial charge in [0.05, 0.1) is 0 Å². The van der Waals surface area contributed by atoms with Crippen molar-refractivity contribution in [3.05, 3.63) is 29.3 Å². The Balaban J connectivity index is 0.000000921. The van der Waals surface area contributed by atoms with Crippen LogP contribution in [0.5, 0.6) is 0 Å². The molecule has 0 saturated heterocycles. The lowest BCUT2D eigenvalue weighted by molar-refractivity contribution is -0.143. The maximum absolute atomic E-state index is 12.9. The van der Waals surface area contributed by atoms with E-state index < -0.39 is 17.7 Å². The number of nitrogens with two attached hydrogens (primary N) is 1. The highest BCUT2D eigenvalue weighted by Crippen LogP contribution is 2.30. The van der Waals surface area contributed by atoms with Gasteiger partial charge in [0.1, 0.15) is 0 Å². The predicted molar refractivity (Wildman–Crippen MR) is 48.4 cm³/mol. The highest BCUT2D eigenvalue weighted by Gasteiger charge is 2.36. The predicted octanol–water partition coefficient (Wildman–Crippen LogP) is 2.72. The van der Waals surface area contributed by atoms with E-state index in [4.69, 9.17) is 5.73 Å². The Bertz CT molecular complexity index is 309. The quantitative estimate of drug-likeness (QED) is 0.745. The van der Waals surface area contributed by atoms with Crippen molar-refractivity contribution in [1.82, 2.24) is 4.98 Å². The van der Waals surface area contributed by atoms with Crippen LogP contribution >= 0.6 is 0 Å².